The Balaban J connectivity index is 1.89. The van der Waals surface area contributed by atoms with Crippen molar-refractivity contribution in [3.63, 3.8) is 0 Å². The molecule has 0 aliphatic carbocycles. The average Bonchev–Trinajstić information content (AvgIpc) is 2.58. The highest BCUT2D eigenvalue weighted by molar-refractivity contribution is 5.30. The van der Waals surface area contributed by atoms with Gasteiger partial charge in [-0.25, -0.2) is 0 Å². The molecule has 92 valence electrons. The monoisotopic (exact) mass is 237 g/mol. The van der Waals surface area contributed by atoms with Gasteiger partial charge in [0, 0.05) is 12.6 Å². The van der Waals surface area contributed by atoms with Gasteiger partial charge in [-0.1, -0.05) is 61.5 Å². The largest absolute Gasteiger partial charge is 0.306 e. The second kappa shape index (κ2) is 4.95. The maximum absolute atomic E-state index is 3.70. The molecule has 1 aliphatic rings. The predicted octanol–water partition coefficient (Wildman–Crippen LogP) is 3.71. The van der Waals surface area contributed by atoms with Crippen LogP contribution >= 0.6 is 0 Å². The summed E-state index contributed by atoms with van der Waals surface area (Å²) in [6.45, 7) is 3.31. The van der Waals surface area contributed by atoms with E-state index < -0.39 is 0 Å². The standard InChI is InChI=1S/C17H19N/c1-13-11-15-9-5-6-10-16(15)12-18-17(13)14-7-3-2-4-8-14/h2-10,13,17-18H,11-12H2,1H3. The first-order valence-electron chi connectivity index (χ1n) is 6.69. The van der Waals surface area contributed by atoms with Crippen LogP contribution in [0.4, 0.5) is 0 Å². The quantitative estimate of drug-likeness (QED) is 0.797. The van der Waals surface area contributed by atoms with Crippen molar-refractivity contribution in [3.05, 3.63) is 71.3 Å². The van der Waals surface area contributed by atoms with Gasteiger partial charge in [-0.15, -0.1) is 0 Å². The fourth-order valence-corrected chi connectivity index (χ4v) is 2.92. The molecule has 0 aromatic heterocycles. The van der Waals surface area contributed by atoms with Crippen LogP contribution in [0.25, 0.3) is 0 Å². The van der Waals surface area contributed by atoms with Gasteiger partial charge in [0.25, 0.3) is 0 Å². The molecule has 1 aliphatic heterocycles. The zero-order chi connectivity index (χ0) is 12.4. The van der Waals surface area contributed by atoms with E-state index in [9.17, 15) is 0 Å². The molecular formula is C17H19N. The Hall–Kier alpha value is -1.60. The Kier molecular flexibility index (Phi) is 3.16. The molecule has 0 spiro atoms. The van der Waals surface area contributed by atoms with E-state index in [1.807, 2.05) is 0 Å². The summed E-state index contributed by atoms with van der Waals surface area (Å²) >= 11 is 0. The molecule has 2 aromatic carbocycles. The Morgan fingerprint density at radius 3 is 2.33 bits per heavy atom. The van der Waals surface area contributed by atoms with Crippen LogP contribution in [0.5, 0.6) is 0 Å². The number of hydrogen-bond acceptors (Lipinski definition) is 1. The van der Waals surface area contributed by atoms with Gasteiger partial charge >= 0.3 is 0 Å². The lowest BCUT2D eigenvalue weighted by atomic mass is 9.90. The van der Waals surface area contributed by atoms with E-state index in [0.717, 1.165) is 13.0 Å². The van der Waals surface area contributed by atoms with E-state index >= 15 is 0 Å². The van der Waals surface area contributed by atoms with E-state index in [1.54, 1.807) is 0 Å². The number of nitrogens with one attached hydrogen (secondary N) is 1. The van der Waals surface area contributed by atoms with Gasteiger partial charge in [0.05, 0.1) is 0 Å². The Morgan fingerprint density at radius 1 is 0.889 bits per heavy atom. The van der Waals surface area contributed by atoms with Crippen LogP contribution in [-0.4, -0.2) is 0 Å². The van der Waals surface area contributed by atoms with Crippen molar-refractivity contribution in [2.75, 3.05) is 0 Å². The van der Waals surface area contributed by atoms with E-state index in [2.05, 4.69) is 66.8 Å². The summed E-state index contributed by atoms with van der Waals surface area (Å²) in [5, 5.41) is 3.70. The first-order chi connectivity index (χ1) is 8.84. The van der Waals surface area contributed by atoms with Gasteiger partial charge in [0.2, 0.25) is 0 Å². The molecule has 18 heavy (non-hydrogen) atoms. The highest BCUT2D eigenvalue weighted by Gasteiger charge is 2.23. The summed E-state index contributed by atoms with van der Waals surface area (Å²) < 4.78 is 0. The lowest BCUT2D eigenvalue weighted by Crippen LogP contribution is -2.24. The molecule has 3 rings (SSSR count). The molecule has 1 heteroatoms. The van der Waals surface area contributed by atoms with Crippen molar-refractivity contribution in [1.29, 1.82) is 0 Å². The van der Waals surface area contributed by atoms with Crippen LogP contribution in [0.1, 0.15) is 29.7 Å². The van der Waals surface area contributed by atoms with Gasteiger partial charge in [-0.2, -0.15) is 0 Å². The van der Waals surface area contributed by atoms with Crippen LogP contribution in [0.15, 0.2) is 54.6 Å². The van der Waals surface area contributed by atoms with E-state index in [-0.39, 0.29) is 0 Å². The van der Waals surface area contributed by atoms with Gasteiger partial charge in [-0.05, 0) is 29.0 Å². The predicted molar refractivity (Wildman–Crippen MR) is 75.3 cm³/mol. The zero-order valence-corrected chi connectivity index (χ0v) is 10.8. The van der Waals surface area contributed by atoms with Crippen LogP contribution < -0.4 is 5.32 Å². The first-order valence-corrected chi connectivity index (χ1v) is 6.69. The van der Waals surface area contributed by atoms with Gasteiger partial charge in [0.1, 0.15) is 0 Å². The van der Waals surface area contributed by atoms with E-state index in [4.69, 9.17) is 0 Å². The normalized spacial score (nSPS) is 23.2. The number of hydrogen-bond donors (Lipinski definition) is 1. The molecule has 1 N–H and O–H groups in total. The average molecular weight is 237 g/mol. The second-order valence-corrected chi connectivity index (χ2v) is 5.22. The molecule has 0 saturated heterocycles. The van der Waals surface area contributed by atoms with Crippen molar-refractivity contribution in [3.8, 4) is 0 Å². The molecule has 1 heterocycles. The summed E-state index contributed by atoms with van der Waals surface area (Å²) in [4.78, 5) is 0. The Bertz CT molecular complexity index is 518. The first kappa shape index (κ1) is 11.5. The second-order valence-electron chi connectivity index (χ2n) is 5.22. The van der Waals surface area contributed by atoms with E-state index in [1.165, 1.54) is 16.7 Å². The molecule has 2 atom stereocenters. The third-order valence-electron chi connectivity index (χ3n) is 3.90. The lowest BCUT2D eigenvalue weighted by molar-refractivity contribution is 0.397. The van der Waals surface area contributed by atoms with E-state index in [0.29, 0.717) is 12.0 Å². The van der Waals surface area contributed by atoms with Crippen LogP contribution in [0.3, 0.4) is 0 Å². The summed E-state index contributed by atoms with van der Waals surface area (Å²) in [5.41, 5.74) is 4.34. The number of rotatable bonds is 1. The summed E-state index contributed by atoms with van der Waals surface area (Å²) in [6.07, 6.45) is 1.16. The van der Waals surface area contributed by atoms with Crippen molar-refractivity contribution in [2.45, 2.75) is 25.9 Å². The van der Waals surface area contributed by atoms with Crippen molar-refractivity contribution in [2.24, 2.45) is 5.92 Å². The maximum Gasteiger partial charge on any atom is 0.0352 e. The molecule has 0 amide bonds. The van der Waals surface area contributed by atoms with Crippen LogP contribution in [0, 0.1) is 5.92 Å². The molecule has 0 saturated carbocycles. The molecule has 1 nitrogen and oxygen atoms in total. The third-order valence-corrected chi connectivity index (χ3v) is 3.90. The highest BCUT2D eigenvalue weighted by atomic mass is 14.9. The van der Waals surface area contributed by atoms with Crippen molar-refractivity contribution >= 4 is 0 Å². The molecule has 2 aromatic rings. The number of fused-ring (bicyclic) bond motifs is 1. The SMILES string of the molecule is CC1Cc2ccccc2CNC1c1ccccc1. The van der Waals surface area contributed by atoms with Crippen molar-refractivity contribution < 1.29 is 0 Å². The minimum absolute atomic E-state index is 0.457. The summed E-state index contributed by atoms with van der Waals surface area (Å²) in [5.74, 6) is 0.621. The number of benzene rings is 2. The van der Waals surface area contributed by atoms with Crippen LogP contribution in [-0.2, 0) is 13.0 Å². The van der Waals surface area contributed by atoms with Gasteiger partial charge in [0.15, 0.2) is 0 Å². The lowest BCUT2D eigenvalue weighted by Gasteiger charge is -2.22. The highest BCUT2D eigenvalue weighted by Crippen LogP contribution is 2.29. The fourth-order valence-electron chi connectivity index (χ4n) is 2.92. The molecular weight excluding hydrogens is 218 g/mol. The Labute approximate surface area is 109 Å². The smallest absolute Gasteiger partial charge is 0.0352 e. The van der Waals surface area contributed by atoms with Crippen LogP contribution in [0.2, 0.25) is 0 Å². The maximum atomic E-state index is 3.70. The van der Waals surface area contributed by atoms with Gasteiger partial charge in [-0.3, -0.25) is 0 Å². The molecule has 0 bridgehead atoms. The Morgan fingerprint density at radius 2 is 1.56 bits per heavy atom. The van der Waals surface area contributed by atoms with Crippen molar-refractivity contribution in [1.82, 2.24) is 5.32 Å². The topological polar surface area (TPSA) is 12.0 Å². The minimum atomic E-state index is 0.457. The minimum Gasteiger partial charge on any atom is -0.306 e. The molecule has 0 radical (unpaired) electrons. The zero-order valence-electron chi connectivity index (χ0n) is 10.8. The third kappa shape index (κ3) is 2.19. The molecule has 2 unspecified atom stereocenters. The summed E-state index contributed by atoms with van der Waals surface area (Å²) in [6, 6.07) is 20.0. The van der Waals surface area contributed by atoms with Gasteiger partial charge < -0.3 is 5.32 Å². The fraction of sp³-hybridized carbons (Fsp3) is 0.294. The summed E-state index contributed by atoms with van der Waals surface area (Å²) in [7, 11) is 0. The molecule has 0 fully saturated rings.